The van der Waals surface area contributed by atoms with Crippen LogP contribution in [0.5, 0.6) is 5.75 Å². The number of hydrogen-bond acceptors (Lipinski definition) is 2. The first-order valence-electron chi connectivity index (χ1n) is 5.91. The fourth-order valence-corrected chi connectivity index (χ4v) is 1.96. The SMILES string of the molecule is CCc1ccc(OC)c(C(CO)C(C)C)c1. The highest BCUT2D eigenvalue weighted by Gasteiger charge is 2.19. The van der Waals surface area contributed by atoms with Gasteiger partial charge in [-0.15, -0.1) is 0 Å². The van der Waals surface area contributed by atoms with Crippen molar-refractivity contribution in [2.24, 2.45) is 5.92 Å². The van der Waals surface area contributed by atoms with Gasteiger partial charge in [0.2, 0.25) is 0 Å². The van der Waals surface area contributed by atoms with E-state index in [2.05, 4.69) is 32.9 Å². The van der Waals surface area contributed by atoms with Crippen LogP contribution < -0.4 is 4.74 Å². The molecule has 0 spiro atoms. The quantitative estimate of drug-likeness (QED) is 0.830. The number of methoxy groups -OCH3 is 1. The Morgan fingerprint density at radius 3 is 2.44 bits per heavy atom. The number of aliphatic hydroxyl groups is 1. The molecule has 16 heavy (non-hydrogen) atoms. The van der Waals surface area contributed by atoms with Crippen molar-refractivity contribution in [3.05, 3.63) is 29.3 Å². The summed E-state index contributed by atoms with van der Waals surface area (Å²) < 4.78 is 5.37. The van der Waals surface area contributed by atoms with E-state index in [4.69, 9.17) is 4.74 Å². The van der Waals surface area contributed by atoms with Crippen molar-refractivity contribution in [3.63, 3.8) is 0 Å². The van der Waals surface area contributed by atoms with Crippen molar-refractivity contribution in [2.75, 3.05) is 13.7 Å². The van der Waals surface area contributed by atoms with Gasteiger partial charge in [0.15, 0.2) is 0 Å². The van der Waals surface area contributed by atoms with E-state index in [-0.39, 0.29) is 12.5 Å². The Labute approximate surface area is 98.3 Å². The van der Waals surface area contributed by atoms with Crippen molar-refractivity contribution in [1.82, 2.24) is 0 Å². The molecule has 1 N–H and O–H groups in total. The molecule has 0 aliphatic heterocycles. The highest BCUT2D eigenvalue weighted by atomic mass is 16.5. The summed E-state index contributed by atoms with van der Waals surface area (Å²) in [6, 6.07) is 6.23. The number of aryl methyl sites for hydroxylation is 1. The lowest BCUT2D eigenvalue weighted by molar-refractivity contribution is 0.234. The monoisotopic (exact) mass is 222 g/mol. The van der Waals surface area contributed by atoms with Crippen LogP contribution in [0.25, 0.3) is 0 Å². The summed E-state index contributed by atoms with van der Waals surface area (Å²) >= 11 is 0. The van der Waals surface area contributed by atoms with Crippen LogP contribution in [-0.4, -0.2) is 18.8 Å². The highest BCUT2D eigenvalue weighted by Crippen LogP contribution is 2.32. The molecule has 1 aromatic rings. The maximum atomic E-state index is 9.48. The van der Waals surface area contributed by atoms with Gasteiger partial charge in [0.25, 0.3) is 0 Å². The molecule has 1 atom stereocenters. The molecule has 2 nitrogen and oxygen atoms in total. The average Bonchev–Trinajstić information content (AvgIpc) is 2.29. The van der Waals surface area contributed by atoms with E-state index in [0.717, 1.165) is 17.7 Å². The van der Waals surface area contributed by atoms with Crippen LogP contribution in [-0.2, 0) is 6.42 Å². The summed E-state index contributed by atoms with van der Waals surface area (Å²) in [5.74, 6) is 1.44. The summed E-state index contributed by atoms with van der Waals surface area (Å²) in [6.07, 6.45) is 1.01. The predicted molar refractivity (Wildman–Crippen MR) is 67.0 cm³/mol. The van der Waals surface area contributed by atoms with Crippen molar-refractivity contribution >= 4 is 0 Å². The summed E-state index contributed by atoms with van der Waals surface area (Å²) in [6.45, 7) is 6.55. The molecule has 0 heterocycles. The second kappa shape index (κ2) is 5.90. The van der Waals surface area contributed by atoms with Crippen molar-refractivity contribution < 1.29 is 9.84 Å². The molecule has 0 amide bonds. The van der Waals surface area contributed by atoms with Crippen LogP contribution in [0, 0.1) is 5.92 Å². The molecule has 1 unspecified atom stereocenters. The van der Waals surface area contributed by atoms with E-state index in [0.29, 0.717) is 5.92 Å². The molecule has 0 aromatic heterocycles. The lowest BCUT2D eigenvalue weighted by Gasteiger charge is -2.21. The minimum atomic E-state index is 0.154. The van der Waals surface area contributed by atoms with Crippen LogP contribution in [0.3, 0.4) is 0 Å². The summed E-state index contributed by atoms with van der Waals surface area (Å²) in [4.78, 5) is 0. The maximum Gasteiger partial charge on any atom is 0.122 e. The van der Waals surface area contributed by atoms with Crippen LogP contribution in [0.2, 0.25) is 0 Å². The van der Waals surface area contributed by atoms with E-state index in [1.54, 1.807) is 7.11 Å². The van der Waals surface area contributed by atoms with E-state index in [1.165, 1.54) is 5.56 Å². The number of benzene rings is 1. The first-order chi connectivity index (χ1) is 7.63. The zero-order valence-electron chi connectivity index (χ0n) is 10.7. The van der Waals surface area contributed by atoms with Crippen LogP contribution in [0.15, 0.2) is 18.2 Å². The Kier molecular flexibility index (Phi) is 4.81. The molecule has 0 radical (unpaired) electrons. The van der Waals surface area contributed by atoms with Crippen molar-refractivity contribution in [1.29, 1.82) is 0 Å². The Bertz CT molecular complexity index is 332. The highest BCUT2D eigenvalue weighted by molar-refractivity contribution is 5.40. The van der Waals surface area contributed by atoms with Crippen LogP contribution >= 0.6 is 0 Å². The van der Waals surface area contributed by atoms with E-state index in [1.807, 2.05) is 6.07 Å². The molecule has 2 heteroatoms. The zero-order valence-corrected chi connectivity index (χ0v) is 10.7. The number of aliphatic hydroxyl groups excluding tert-OH is 1. The number of hydrogen-bond donors (Lipinski definition) is 1. The molecule has 0 saturated carbocycles. The van der Waals surface area contributed by atoms with E-state index < -0.39 is 0 Å². The first-order valence-corrected chi connectivity index (χ1v) is 5.91. The minimum absolute atomic E-state index is 0.154. The number of ether oxygens (including phenoxy) is 1. The van der Waals surface area contributed by atoms with Gasteiger partial charge >= 0.3 is 0 Å². The summed E-state index contributed by atoms with van der Waals surface area (Å²) in [7, 11) is 1.68. The number of rotatable bonds is 5. The van der Waals surface area contributed by atoms with Gasteiger partial charge in [-0.25, -0.2) is 0 Å². The molecule has 0 bridgehead atoms. The first kappa shape index (κ1) is 13.0. The molecular weight excluding hydrogens is 200 g/mol. The lowest BCUT2D eigenvalue weighted by atomic mass is 9.87. The Morgan fingerprint density at radius 2 is 2.00 bits per heavy atom. The molecule has 1 rings (SSSR count). The van der Waals surface area contributed by atoms with Gasteiger partial charge in [-0.3, -0.25) is 0 Å². The fourth-order valence-electron chi connectivity index (χ4n) is 1.96. The normalized spacial score (nSPS) is 12.9. The summed E-state index contributed by atoms with van der Waals surface area (Å²) in [5.41, 5.74) is 2.41. The summed E-state index contributed by atoms with van der Waals surface area (Å²) in [5, 5.41) is 9.48. The van der Waals surface area contributed by atoms with Crippen LogP contribution in [0.1, 0.15) is 37.8 Å². The third-order valence-electron chi connectivity index (χ3n) is 3.10. The second-order valence-electron chi connectivity index (χ2n) is 4.46. The maximum absolute atomic E-state index is 9.48. The second-order valence-corrected chi connectivity index (χ2v) is 4.46. The minimum Gasteiger partial charge on any atom is -0.496 e. The van der Waals surface area contributed by atoms with Gasteiger partial charge in [0, 0.05) is 11.5 Å². The van der Waals surface area contributed by atoms with Crippen molar-refractivity contribution in [2.45, 2.75) is 33.1 Å². The van der Waals surface area contributed by atoms with Crippen LogP contribution in [0.4, 0.5) is 0 Å². The van der Waals surface area contributed by atoms with Gasteiger partial charge in [0.05, 0.1) is 13.7 Å². The average molecular weight is 222 g/mol. The molecule has 90 valence electrons. The topological polar surface area (TPSA) is 29.5 Å². The zero-order chi connectivity index (χ0) is 12.1. The van der Waals surface area contributed by atoms with E-state index >= 15 is 0 Å². The van der Waals surface area contributed by atoms with E-state index in [9.17, 15) is 5.11 Å². The smallest absolute Gasteiger partial charge is 0.122 e. The lowest BCUT2D eigenvalue weighted by Crippen LogP contribution is -2.12. The Morgan fingerprint density at radius 1 is 1.31 bits per heavy atom. The van der Waals surface area contributed by atoms with Gasteiger partial charge in [0.1, 0.15) is 5.75 Å². The fraction of sp³-hybridized carbons (Fsp3) is 0.571. The van der Waals surface area contributed by atoms with Gasteiger partial charge in [-0.2, -0.15) is 0 Å². The van der Waals surface area contributed by atoms with Gasteiger partial charge in [-0.1, -0.05) is 32.9 Å². The molecule has 0 aliphatic rings. The standard InChI is InChI=1S/C14H22O2/c1-5-11-6-7-14(16-4)12(8-11)13(9-15)10(2)3/h6-8,10,13,15H,5,9H2,1-4H3. The van der Waals surface area contributed by atoms with Gasteiger partial charge in [-0.05, 0) is 24.0 Å². The third kappa shape index (κ3) is 2.76. The predicted octanol–water partition coefficient (Wildman–Crippen LogP) is 2.99. The largest absolute Gasteiger partial charge is 0.496 e. The molecule has 0 aliphatic carbocycles. The van der Waals surface area contributed by atoms with Gasteiger partial charge < -0.3 is 9.84 Å². The third-order valence-corrected chi connectivity index (χ3v) is 3.10. The Balaban J connectivity index is 3.15. The Hall–Kier alpha value is -1.02. The molecule has 0 fully saturated rings. The molecular formula is C14H22O2. The molecule has 0 saturated heterocycles. The van der Waals surface area contributed by atoms with Crippen molar-refractivity contribution in [3.8, 4) is 5.75 Å². The molecule has 1 aromatic carbocycles.